The fraction of sp³-hybridized carbons (Fsp3) is 0.409. The average molecular weight is 384 g/mol. The van der Waals surface area contributed by atoms with Crippen LogP contribution < -0.4 is 15.2 Å². The van der Waals surface area contributed by atoms with E-state index in [1.165, 1.54) is 0 Å². The van der Waals surface area contributed by atoms with Crippen LogP contribution in [0, 0.1) is 0 Å². The van der Waals surface area contributed by atoms with E-state index in [-0.39, 0.29) is 18.1 Å². The summed E-state index contributed by atoms with van der Waals surface area (Å²) in [6.07, 6.45) is 1.20. The molecule has 1 heterocycles. The topological polar surface area (TPSA) is 74.0 Å². The highest BCUT2D eigenvalue weighted by molar-refractivity contribution is 5.80. The second-order valence-corrected chi connectivity index (χ2v) is 6.91. The summed E-state index contributed by atoms with van der Waals surface area (Å²) in [4.78, 5) is 14.0. The van der Waals surface area contributed by atoms with E-state index in [4.69, 9.17) is 19.9 Å². The van der Waals surface area contributed by atoms with Gasteiger partial charge in [0, 0.05) is 13.6 Å². The molecule has 0 aliphatic carbocycles. The number of hydrogen-bond acceptors (Lipinski definition) is 5. The number of ether oxygens (including phenoxy) is 3. The number of carbonyl (C=O) groups is 1. The molecule has 1 fully saturated rings. The monoisotopic (exact) mass is 384 g/mol. The minimum Gasteiger partial charge on any atom is -0.492 e. The van der Waals surface area contributed by atoms with Gasteiger partial charge in [-0.15, -0.1) is 0 Å². The number of rotatable bonds is 9. The molecule has 0 aromatic heterocycles. The van der Waals surface area contributed by atoms with Crippen LogP contribution in [-0.2, 0) is 16.1 Å². The number of benzene rings is 2. The quantitative estimate of drug-likeness (QED) is 0.719. The summed E-state index contributed by atoms with van der Waals surface area (Å²) in [5, 5.41) is 0. The van der Waals surface area contributed by atoms with Crippen LogP contribution in [0.4, 0.5) is 0 Å². The fourth-order valence-electron chi connectivity index (χ4n) is 3.09. The van der Waals surface area contributed by atoms with Crippen molar-refractivity contribution in [2.24, 2.45) is 5.73 Å². The van der Waals surface area contributed by atoms with Crippen molar-refractivity contribution in [2.75, 3.05) is 26.7 Å². The molecule has 3 rings (SSSR count). The number of amides is 1. The Kier molecular flexibility index (Phi) is 7.28. The van der Waals surface area contributed by atoms with Gasteiger partial charge >= 0.3 is 0 Å². The Bertz CT molecular complexity index is 736. The van der Waals surface area contributed by atoms with E-state index in [2.05, 4.69) is 0 Å². The molecule has 2 aromatic carbocycles. The van der Waals surface area contributed by atoms with Crippen LogP contribution in [0.1, 0.15) is 18.4 Å². The van der Waals surface area contributed by atoms with Gasteiger partial charge in [0.25, 0.3) is 5.91 Å². The van der Waals surface area contributed by atoms with E-state index in [0.29, 0.717) is 26.3 Å². The third-order valence-electron chi connectivity index (χ3n) is 4.79. The van der Waals surface area contributed by atoms with E-state index >= 15 is 0 Å². The molecule has 1 amide bonds. The van der Waals surface area contributed by atoms with Crippen LogP contribution in [-0.4, -0.2) is 49.8 Å². The lowest BCUT2D eigenvalue weighted by Gasteiger charge is -2.21. The first kappa shape index (κ1) is 20.2. The van der Waals surface area contributed by atoms with Gasteiger partial charge in [-0.25, -0.2) is 0 Å². The summed E-state index contributed by atoms with van der Waals surface area (Å²) < 4.78 is 17.2. The Hall–Kier alpha value is -2.57. The number of nitrogens with zero attached hydrogens (tertiary/aromatic N) is 1. The molecule has 2 atom stereocenters. The molecule has 1 saturated heterocycles. The summed E-state index contributed by atoms with van der Waals surface area (Å²) in [7, 11) is 1.77. The molecule has 0 saturated carbocycles. The van der Waals surface area contributed by atoms with Crippen LogP contribution in [0.15, 0.2) is 54.6 Å². The molecule has 0 bridgehead atoms. The first-order valence-corrected chi connectivity index (χ1v) is 9.66. The molecule has 0 spiro atoms. The molecule has 28 heavy (non-hydrogen) atoms. The van der Waals surface area contributed by atoms with Gasteiger partial charge in [0.1, 0.15) is 30.8 Å². The number of carbonyl (C=O) groups excluding carboxylic acids is 1. The van der Waals surface area contributed by atoms with Crippen LogP contribution in [0.25, 0.3) is 0 Å². The average Bonchev–Trinajstić information content (AvgIpc) is 3.22. The van der Waals surface area contributed by atoms with Gasteiger partial charge in [-0.3, -0.25) is 4.79 Å². The van der Waals surface area contributed by atoms with E-state index < -0.39 is 0 Å². The van der Waals surface area contributed by atoms with Crippen LogP contribution >= 0.6 is 0 Å². The van der Waals surface area contributed by atoms with Crippen molar-refractivity contribution in [3.05, 3.63) is 60.2 Å². The van der Waals surface area contributed by atoms with Crippen LogP contribution in [0.2, 0.25) is 0 Å². The number of hydrogen-bond donors (Lipinski definition) is 1. The summed E-state index contributed by atoms with van der Waals surface area (Å²) in [5.41, 5.74) is 6.72. The highest BCUT2D eigenvalue weighted by Crippen LogP contribution is 2.21. The molecular weight excluding hydrogens is 356 g/mol. The van der Waals surface area contributed by atoms with E-state index in [1.807, 2.05) is 54.6 Å². The molecular formula is C22H28N2O4. The Morgan fingerprint density at radius 3 is 2.39 bits per heavy atom. The Morgan fingerprint density at radius 1 is 1.07 bits per heavy atom. The third-order valence-corrected chi connectivity index (χ3v) is 4.79. The molecule has 1 aliphatic rings. The number of likely N-dealkylation sites (N-methyl/N-ethyl adjacent to an activating group) is 1. The van der Waals surface area contributed by atoms with Gasteiger partial charge in [-0.05, 0) is 42.7 Å². The van der Waals surface area contributed by atoms with E-state index in [1.54, 1.807) is 11.9 Å². The molecule has 2 aromatic rings. The lowest BCUT2D eigenvalue weighted by molar-refractivity contribution is -0.141. The van der Waals surface area contributed by atoms with Crippen molar-refractivity contribution in [3.63, 3.8) is 0 Å². The van der Waals surface area contributed by atoms with Gasteiger partial charge in [0.15, 0.2) is 0 Å². The molecule has 0 radical (unpaired) electrons. The largest absolute Gasteiger partial charge is 0.492 e. The molecule has 1 aliphatic heterocycles. The summed E-state index contributed by atoms with van der Waals surface area (Å²) in [6.45, 7) is 1.90. The molecule has 0 unspecified atom stereocenters. The van der Waals surface area contributed by atoms with Crippen molar-refractivity contribution in [1.82, 2.24) is 4.90 Å². The standard InChI is InChI=1S/C22H28N2O4/c1-24(22(25)21-12-11-20(15-23)28-21)13-14-26-18-7-9-19(10-8-18)27-16-17-5-3-2-4-6-17/h2-10,20-21H,11-16,23H2,1H3/t20-,21+/m1/s1. The summed E-state index contributed by atoms with van der Waals surface area (Å²) >= 11 is 0. The second-order valence-electron chi connectivity index (χ2n) is 6.91. The third kappa shape index (κ3) is 5.71. The van der Waals surface area contributed by atoms with Gasteiger partial charge < -0.3 is 24.8 Å². The van der Waals surface area contributed by atoms with Crippen molar-refractivity contribution in [2.45, 2.75) is 31.7 Å². The number of nitrogens with two attached hydrogens (primary N) is 1. The maximum absolute atomic E-state index is 12.4. The zero-order chi connectivity index (χ0) is 19.8. The maximum atomic E-state index is 12.4. The van der Waals surface area contributed by atoms with Crippen molar-refractivity contribution < 1.29 is 19.0 Å². The smallest absolute Gasteiger partial charge is 0.251 e. The van der Waals surface area contributed by atoms with Crippen molar-refractivity contribution in [1.29, 1.82) is 0 Å². The van der Waals surface area contributed by atoms with Gasteiger partial charge in [-0.1, -0.05) is 30.3 Å². The SMILES string of the molecule is CN(CCOc1ccc(OCc2ccccc2)cc1)C(=O)[C@@H]1CC[C@H](CN)O1. The minimum atomic E-state index is -0.375. The van der Waals surface area contributed by atoms with Crippen molar-refractivity contribution in [3.8, 4) is 11.5 Å². The van der Waals surface area contributed by atoms with E-state index in [0.717, 1.165) is 29.9 Å². The van der Waals surface area contributed by atoms with Crippen LogP contribution in [0.3, 0.4) is 0 Å². The predicted molar refractivity (Wildman–Crippen MR) is 107 cm³/mol. The maximum Gasteiger partial charge on any atom is 0.251 e. The first-order chi connectivity index (χ1) is 13.7. The van der Waals surface area contributed by atoms with Gasteiger partial charge in [-0.2, -0.15) is 0 Å². The zero-order valence-corrected chi connectivity index (χ0v) is 16.3. The zero-order valence-electron chi connectivity index (χ0n) is 16.3. The molecule has 6 nitrogen and oxygen atoms in total. The fourth-order valence-corrected chi connectivity index (χ4v) is 3.09. The Morgan fingerprint density at radius 2 is 1.75 bits per heavy atom. The second kappa shape index (κ2) is 10.1. The highest BCUT2D eigenvalue weighted by atomic mass is 16.5. The van der Waals surface area contributed by atoms with E-state index in [9.17, 15) is 4.79 Å². The Balaban J connectivity index is 1.38. The lowest BCUT2D eigenvalue weighted by Crippen LogP contribution is -2.39. The Labute approximate surface area is 166 Å². The lowest BCUT2D eigenvalue weighted by atomic mass is 10.2. The predicted octanol–water partition coefficient (Wildman–Crippen LogP) is 2.61. The molecule has 2 N–H and O–H groups in total. The van der Waals surface area contributed by atoms with Crippen molar-refractivity contribution >= 4 is 5.91 Å². The highest BCUT2D eigenvalue weighted by Gasteiger charge is 2.31. The van der Waals surface area contributed by atoms with Gasteiger partial charge in [0.2, 0.25) is 0 Å². The first-order valence-electron chi connectivity index (χ1n) is 9.66. The summed E-state index contributed by atoms with van der Waals surface area (Å²) in [6, 6.07) is 17.5. The normalized spacial score (nSPS) is 18.6. The van der Waals surface area contributed by atoms with Gasteiger partial charge in [0.05, 0.1) is 12.6 Å². The molecule has 6 heteroatoms. The minimum absolute atomic E-state index is 0.00113. The molecule has 150 valence electrons. The summed E-state index contributed by atoms with van der Waals surface area (Å²) in [5.74, 6) is 1.52. The van der Waals surface area contributed by atoms with Crippen LogP contribution in [0.5, 0.6) is 11.5 Å².